The third-order valence-electron chi connectivity index (χ3n) is 7.39. The van der Waals surface area contributed by atoms with Gasteiger partial charge in [0.1, 0.15) is 22.9 Å². The number of rotatable bonds is 6. The summed E-state index contributed by atoms with van der Waals surface area (Å²) in [6.45, 7) is 12.4. The van der Waals surface area contributed by atoms with Gasteiger partial charge in [-0.3, -0.25) is 4.90 Å². The Morgan fingerprint density at radius 1 is 1.03 bits per heavy atom. The highest BCUT2D eigenvalue weighted by Crippen LogP contribution is 2.48. The molecule has 0 aromatic heterocycles. The third-order valence-corrected chi connectivity index (χ3v) is 9.82. The highest BCUT2D eigenvalue weighted by atomic mass is 32.2. The molecule has 34 heavy (non-hydrogen) atoms. The van der Waals surface area contributed by atoms with Crippen LogP contribution in [0.5, 0.6) is 5.75 Å². The highest BCUT2D eigenvalue weighted by molar-refractivity contribution is 7.96. The first-order valence-corrected chi connectivity index (χ1v) is 14.1. The lowest BCUT2D eigenvalue weighted by atomic mass is 9.81. The van der Waals surface area contributed by atoms with E-state index in [4.69, 9.17) is 9.47 Å². The molecular formula is C28H38F2NO2S+. The maximum atomic E-state index is 14.7. The molecule has 2 heterocycles. The van der Waals surface area contributed by atoms with Gasteiger partial charge in [0.05, 0.1) is 12.2 Å². The molecule has 3 atom stereocenters. The second-order valence-electron chi connectivity index (χ2n) is 10.4. The lowest BCUT2D eigenvalue weighted by Gasteiger charge is -2.48. The van der Waals surface area contributed by atoms with Crippen molar-refractivity contribution < 1.29 is 18.3 Å². The first-order valence-electron chi connectivity index (χ1n) is 12.4. The molecule has 186 valence electrons. The van der Waals surface area contributed by atoms with Crippen LogP contribution in [0.15, 0.2) is 41.3 Å². The molecule has 2 aromatic carbocycles. The van der Waals surface area contributed by atoms with Gasteiger partial charge in [0.25, 0.3) is 0 Å². The number of benzene rings is 2. The third kappa shape index (κ3) is 5.29. The zero-order valence-corrected chi connectivity index (χ0v) is 22.1. The average Bonchev–Trinajstić information content (AvgIpc) is 2.79. The first kappa shape index (κ1) is 25.5. The fourth-order valence-electron chi connectivity index (χ4n) is 5.15. The van der Waals surface area contributed by atoms with Crippen LogP contribution in [-0.4, -0.2) is 41.2 Å². The van der Waals surface area contributed by atoms with Gasteiger partial charge in [-0.05, 0) is 71.2 Å². The number of halogens is 2. The van der Waals surface area contributed by atoms with Gasteiger partial charge >= 0.3 is 0 Å². The van der Waals surface area contributed by atoms with Gasteiger partial charge in [0.2, 0.25) is 0 Å². The van der Waals surface area contributed by atoms with Crippen molar-refractivity contribution in [3.63, 3.8) is 0 Å². The summed E-state index contributed by atoms with van der Waals surface area (Å²) in [5, 5.41) is 0.645. The van der Waals surface area contributed by atoms with Crippen molar-refractivity contribution >= 4 is 10.9 Å². The fraction of sp³-hybridized carbons (Fsp3) is 0.571. The zero-order valence-electron chi connectivity index (χ0n) is 21.2. The van der Waals surface area contributed by atoms with Crippen LogP contribution >= 0.6 is 0 Å². The zero-order chi connectivity index (χ0) is 24.6. The molecule has 2 aliphatic heterocycles. The molecule has 2 aliphatic rings. The molecular weight excluding hydrogens is 452 g/mol. The molecule has 0 N–H and O–H groups in total. The van der Waals surface area contributed by atoms with Crippen LogP contribution in [-0.2, 0) is 15.6 Å². The van der Waals surface area contributed by atoms with Crippen molar-refractivity contribution in [2.45, 2.75) is 87.9 Å². The normalized spacial score (nSPS) is 22.0. The molecule has 0 aliphatic carbocycles. The molecule has 2 aromatic rings. The van der Waals surface area contributed by atoms with Gasteiger partial charge in [-0.2, -0.15) is 0 Å². The van der Waals surface area contributed by atoms with Gasteiger partial charge in [0.15, 0.2) is 16.5 Å². The SMILES string of the molecule is CC(C)OC1CC2(CCN([C@H](C)c3ccc([S+](C)C(C)C)cc3)CC2)Oc2c(F)cc(F)cc21. The Morgan fingerprint density at radius 3 is 2.26 bits per heavy atom. The summed E-state index contributed by atoms with van der Waals surface area (Å²) in [4.78, 5) is 3.89. The Hall–Kier alpha value is -1.63. The Labute approximate surface area is 206 Å². The minimum Gasteiger partial charge on any atom is -0.484 e. The standard InChI is InChI=1S/C28H38F2NO2S/c1-18(2)32-26-17-28(33-27-24(26)15-22(29)16-25(27)30)11-13-31(14-12-28)20(5)21-7-9-23(10-8-21)34(6)19(3)4/h7-10,15-16,18-20,26H,11-14,17H2,1-6H3/q+1/t20-,26?,34?/m1/s1. The number of piperidine rings is 1. The number of likely N-dealkylation sites (tertiary alicyclic amines) is 1. The molecule has 0 bridgehead atoms. The maximum absolute atomic E-state index is 14.7. The molecule has 2 unspecified atom stereocenters. The maximum Gasteiger partial charge on any atom is 0.168 e. The molecule has 0 saturated carbocycles. The molecule has 1 fully saturated rings. The van der Waals surface area contributed by atoms with Crippen molar-refractivity contribution in [2.24, 2.45) is 0 Å². The van der Waals surface area contributed by atoms with Crippen LogP contribution in [0.1, 0.15) is 77.2 Å². The van der Waals surface area contributed by atoms with E-state index in [1.54, 1.807) is 0 Å². The quantitative estimate of drug-likeness (QED) is 0.415. The van der Waals surface area contributed by atoms with Gasteiger partial charge in [0, 0.05) is 48.1 Å². The molecule has 0 radical (unpaired) electrons. The summed E-state index contributed by atoms with van der Waals surface area (Å²) in [6.07, 6.45) is 4.09. The predicted octanol–water partition coefficient (Wildman–Crippen LogP) is 6.82. The Morgan fingerprint density at radius 2 is 1.68 bits per heavy atom. The summed E-state index contributed by atoms with van der Waals surface area (Å²) in [7, 11) is 0.255. The highest BCUT2D eigenvalue weighted by Gasteiger charge is 2.45. The largest absolute Gasteiger partial charge is 0.484 e. The second kappa shape index (κ2) is 10.2. The van der Waals surface area contributed by atoms with Crippen molar-refractivity contribution in [2.75, 3.05) is 19.3 Å². The van der Waals surface area contributed by atoms with Gasteiger partial charge < -0.3 is 9.47 Å². The van der Waals surface area contributed by atoms with Crippen molar-refractivity contribution in [3.05, 3.63) is 59.2 Å². The summed E-state index contributed by atoms with van der Waals surface area (Å²) in [5.74, 6) is -1.07. The number of nitrogens with zero attached hydrogens (tertiary/aromatic N) is 1. The smallest absolute Gasteiger partial charge is 0.168 e. The number of fused-ring (bicyclic) bond motifs is 1. The predicted molar refractivity (Wildman–Crippen MR) is 136 cm³/mol. The number of hydrogen-bond acceptors (Lipinski definition) is 3. The van der Waals surface area contributed by atoms with E-state index in [1.165, 1.54) is 16.5 Å². The van der Waals surface area contributed by atoms with Crippen LogP contribution in [0.2, 0.25) is 0 Å². The van der Waals surface area contributed by atoms with Gasteiger partial charge in [-0.1, -0.05) is 12.1 Å². The van der Waals surface area contributed by atoms with Crippen LogP contribution in [0.4, 0.5) is 8.78 Å². The summed E-state index contributed by atoms with van der Waals surface area (Å²) in [6, 6.07) is 11.6. The molecule has 0 amide bonds. The van der Waals surface area contributed by atoms with E-state index in [1.807, 2.05) is 13.8 Å². The van der Waals surface area contributed by atoms with Crippen LogP contribution < -0.4 is 4.74 Å². The van der Waals surface area contributed by atoms with E-state index in [9.17, 15) is 8.78 Å². The van der Waals surface area contributed by atoms with Crippen molar-refractivity contribution in [1.29, 1.82) is 0 Å². The topological polar surface area (TPSA) is 21.7 Å². The Balaban J connectivity index is 1.48. The first-order chi connectivity index (χ1) is 16.1. The fourth-order valence-corrected chi connectivity index (χ4v) is 6.26. The monoisotopic (exact) mass is 490 g/mol. The number of hydrogen-bond donors (Lipinski definition) is 0. The van der Waals surface area contributed by atoms with E-state index >= 15 is 0 Å². The second-order valence-corrected chi connectivity index (χ2v) is 12.9. The Bertz CT molecular complexity index is 987. The molecule has 6 heteroatoms. The Kier molecular flexibility index (Phi) is 7.61. The summed E-state index contributed by atoms with van der Waals surface area (Å²) in [5.41, 5.74) is 1.32. The molecule has 3 nitrogen and oxygen atoms in total. The average molecular weight is 491 g/mol. The molecule has 1 saturated heterocycles. The number of ether oxygens (including phenoxy) is 2. The summed E-state index contributed by atoms with van der Waals surface area (Å²) >= 11 is 0. The van der Waals surface area contributed by atoms with Crippen LogP contribution in [0.3, 0.4) is 0 Å². The van der Waals surface area contributed by atoms with Gasteiger partial charge in [-0.25, -0.2) is 8.78 Å². The van der Waals surface area contributed by atoms with Gasteiger partial charge in [-0.15, -0.1) is 0 Å². The van der Waals surface area contributed by atoms with Crippen LogP contribution in [0.25, 0.3) is 0 Å². The van der Waals surface area contributed by atoms with E-state index in [0.29, 0.717) is 23.3 Å². The lowest BCUT2D eigenvalue weighted by Crippen LogP contribution is -2.51. The molecule has 1 spiro atoms. The van der Waals surface area contributed by atoms with Crippen LogP contribution in [0, 0.1) is 11.6 Å². The van der Waals surface area contributed by atoms with Crippen molar-refractivity contribution in [1.82, 2.24) is 4.90 Å². The minimum absolute atomic E-state index is 0.0403. The molecule has 4 rings (SSSR count). The minimum atomic E-state index is -0.640. The lowest BCUT2D eigenvalue weighted by molar-refractivity contribution is -0.0948. The summed E-state index contributed by atoms with van der Waals surface area (Å²) < 4.78 is 41.1. The van der Waals surface area contributed by atoms with E-state index in [-0.39, 0.29) is 28.9 Å². The van der Waals surface area contributed by atoms with Crippen molar-refractivity contribution in [3.8, 4) is 5.75 Å². The van der Waals surface area contributed by atoms with E-state index in [2.05, 4.69) is 56.2 Å². The van der Waals surface area contributed by atoms with E-state index in [0.717, 1.165) is 32.0 Å². The van der Waals surface area contributed by atoms with E-state index < -0.39 is 17.2 Å².